The third-order valence-electron chi connectivity index (χ3n) is 2.37. The van der Waals surface area contributed by atoms with E-state index in [1.54, 1.807) is 6.21 Å². The van der Waals surface area contributed by atoms with Crippen LogP contribution in [-0.2, 0) is 4.79 Å². The van der Waals surface area contributed by atoms with Crippen LogP contribution in [0.25, 0.3) is 0 Å². The van der Waals surface area contributed by atoms with E-state index in [1.165, 1.54) is 0 Å². The van der Waals surface area contributed by atoms with Crippen molar-refractivity contribution in [2.45, 2.75) is 13.0 Å². The number of hydrogen-bond donors (Lipinski definition) is 1. The Bertz CT molecular complexity index is 359. The maximum absolute atomic E-state index is 11.8. The first-order valence-electron chi connectivity index (χ1n) is 4.66. The van der Waals surface area contributed by atoms with Crippen molar-refractivity contribution in [2.24, 2.45) is 11.0 Å². The molecule has 1 aromatic rings. The Labute approximate surface area is 82.8 Å². The van der Waals surface area contributed by atoms with E-state index in [1.807, 2.05) is 37.3 Å². The normalized spacial score (nSPS) is 25.9. The highest BCUT2D eigenvalue weighted by molar-refractivity contribution is 5.99. The third-order valence-corrected chi connectivity index (χ3v) is 2.37. The molecule has 0 spiro atoms. The van der Waals surface area contributed by atoms with Gasteiger partial charge in [-0.3, -0.25) is 10.2 Å². The lowest BCUT2D eigenvalue weighted by Crippen LogP contribution is -2.34. The Morgan fingerprint density at radius 3 is 2.71 bits per heavy atom. The number of rotatable bonds is 1. The molecule has 0 fully saturated rings. The quantitative estimate of drug-likeness (QED) is 0.726. The third kappa shape index (κ3) is 1.53. The standard InChI is InChI=1S/C11H12N2O/c1-8-7-12-13-10(11(8)14)9-5-3-2-4-6-9/h2-8,10,13H,1H3. The molecule has 0 aromatic heterocycles. The van der Waals surface area contributed by atoms with Crippen LogP contribution < -0.4 is 5.43 Å². The van der Waals surface area contributed by atoms with Gasteiger partial charge < -0.3 is 0 Å². The van der Waals surface area contributed by atoms with Crippen molar-refractivity contribution in [3.8, 4) is 0 Å². The summed E-state index contributed by atoms with van der Waals surface area (Å²) in [5, 5.41) is 3.97. The van der Waals surface area contributed by atoms with Gasteiger partial charge in [0.15, 0.2) is 5.78 Å². The molecule has 1 aliphatic heterocycles. The Morgan fingerprint density at radius 1 is 1.29 bits per heavy atom. The lowest BCUT2D eigenvalue weighted by molar-refractivity contribution is -0.123. The Hall–Kier alpha value is -1.64. The molecule has 0 saturated heterocycles. The minimum atomic E-state index is -0.281. The predicted octanol–water partition coefficient (Wildman–Crippen LogP) is 1.52. The van der Waals surface area contributed by atoms with E-state index in [-0.39, 0.29) is 17.7 Å². The Kier molecular flexibility index (Phi) is 2.31. The average molecular weight is 188 g/mol. The van der Waals surface area contributed by atoms with E-state index < -0.39 is 0 Å². The first-order chi connectivity index (χ1) is 6.79. The summed E-state index contributed by atoms with van der Waals surface area (Å²) in [6.07, 6.45) is 1.64. The van der Waals surface area contributed by atoms with E-state index in [9.17, 15) is 4.79 Å². The topological polar surface area (TPSA) is 41.5 Å². The van der Waals surface area contributed by atoms with Crippen LogP contribution in [0.15, 0.2) is 35.4 Å². The lowest BCUT2D eigenvalue weighted by atomic mass is 9.94. The van der Waals surface area contributed by atoms with Crippen LogP contribution in [0.2, 0.25) is 0 Å². The molecule has 0 radical (unpaired) electrons. The monoisotopic (exact) mass is 188 g/mol. The minimum absolute atomic E-state index is 0.0959. The summed E-state index contributed by atoms with van der Waals surface area (Å²) < 4.78 is 0. The molecule has 2 unspecified atom stereocenters. The van der Waals surface area contributed by atoms with Crippen molar-refractivity contribution in [1.82, 2.24) is 5.43 Å². The number of ketones is 1. The van der Waals surface area contributed by atoms with Gasteiger partial charge in [-0.25, -0.2) is 0 Å². The number of nitrogens with zero attached hydrogens (tertiary/aromatic N) is 1. The summed E-state index contributed by atoms with van der Waals surface area (Å²) in [4.78, 5) is 11.8. The van der Waals surface area contributed by atoms with Crippen LogP contribution >= 0.6 is 0 Å². The summed E-state index contributed by atoms with van der Waals surface area (Å²) >= 11 is 0. The molecule has 14 heavy (non-hydrogen) atoms. The first kappa shape index (κ1) is 8.94. The minimum Gasteiger partial charge on any atom is -0.296 e. The van der Waals surface area contributed by atoms with Gasteiger partial charge in [0.1, 0.15) is 6.04 Å². The van der Waals surface area contributed by atoms with Gasteiger partial charge in [0, 0.05) is 6.21 Å². The van der Waals surface area contributed by atoms with Gasteiger partial charge in [0.05, 0.1) is 5.92 Å². The van der Waals surface area contributed by atoms with Crippen molar-refractivity contribution in [1.29, 1.82) is 0 Å². The molecule has 1 N–H and O–H groups in total. The highest BCUT2D eigenvalue weighted by Crippen LogP contribution is 2.19. The SMILES string of the molecule is CC1C=NNC(c2ccccc2)C1=O. The van der Waals surface area contributed by atoms with E-state index in [4.69, 9.17) is 0 Å². The van der Waals surface area contributed by atoms with Crippen LogP contribution in [0, 0.1) is 5.92 Å². The maximum Gasteiger partial charge on any atom is 0.169 e. The Morgan fingerprint density at radius 2 is 2.00 bits per heavy atom. The average Bonchev–Trinajstić information content (AvgIpc) is 2.23. The van der Waals surface area contributed by atoms with Gasteiger partial charge in [0.2, 0.25) is 0 Å². The fraction of sp³-hybridized carbons (Fsp3) is 0.273. The van der Waals surface area contributed by atoms with Gasteiger partial charge in [-0.15, -0.1) is 0 Å². The molecule has 0 bridgehead atoms. The summed E-state index contributed by atoms with van der Waals surface area (Å²) in [5.74, 6) is 0.0765. The van der Waals surface area contributed by atoms with Gasteiger partial charge in [0.25, 0.3) is 0 Å². The fourth-order valence-electron chi connectivity index (χ4n) is 1.51. The molecule has 3 heteroatoms. The number of carbonyl (C=O) groups is 1. The van der Waals surface area contributed by atoms with Crippen LogP contribution in [-0.4, -0.2) is 12.0 Å². The highest BCUT2D eigenvalue weighted by Gasteiger charge is 2.26. The molecule has 0 amide bonds. The lowest BCUT2D eigenvalue weighted by Gasteiger charge is -2.21. The zero-order valence-electron chi connectivity index (χ0n) is 7.97. The van der Waals surface area contributed by atoms with E-state index in [0.717, 1.165) is 5.56 Å². The summed E-state index contributed by atoms with van der Waals surface area (Å²) in [6.45, 7) is 1.86. The van der Waals surface area contributed by atoms with Crippen molar-refractivity contribution < 1.29 is 4.79 Å². The molecule has 3 nitrogen and oxygen atoms in total. The number of Topliss-reactive ketones (excluding diaryl/α,β-unsaturated/α-hetero) is 1. The number of hydrogen-bond acceptors (Lipinski definition) is 3. The van der Waals surface area contributed by atoms with Crippen LogP contribution in [0.1, 0.15) is 18.5 Å². The molecule has 0 aliphatic carbocycles. The summed E-state index contributed by atoms with van der Waals surface area (Å²) in [5.41, 5.74) is 3.81. The number of benzene rings is 1. The highest BCUT2D eigenvalue weighted by atomic mass is 16.1. The van der Waals surface area contributed by atoms with Crippen LogP contribution in [0.4, 0.5) is 0 Å². The smallest absolute Gasteiger partial charge is 0.169 e. The van der Waals surface area contributed by atoms with E-state index in [0.29, 0.717) is 0 Å². The zero-order chi connectivity index (χ0) is 9.97. The molecule has 0 saturated carbocycles. The molecule has 2 rings (SSSR count). The molecule has 2 atom stereocenters. The first-order valence-corrected chi connectivity index (χ1v) is 4.66. The van der Waals surface area contributed by atoms with Crippen molar-refractivity contribution in [3.63, 3.8) is 0 Å². The van der Waals surface area contributed by atoms with Crippen LogP contribution in [0.5, 0.6) is 0 Å². The van der Waals surface area contributed by atoms with Crippen LogP contribution in [0.3, 0.4) is 0 Å². The molecular formula is C11H12N2O. The maximum atomic E-state index is 11.8. The number of hydrazone groups is 1. The van der Waals surface area contributed by atoms with Gasteiger partial charge >= 0.3 is 0 Å². The number of carbonyl (C=O) groups excluding carboxylic acids is 1. The Balaban J connectivity index is 2.28. The fourth-order valence-corrected chi connectivity index (χ4v) is 1.51. The molecule has 1 heterocycles. The molecular weight excluding hydrogens is 176 g/mol. The van der Waals surface area contributed by atoms with Gasteiger partial charge in [-0.2, -0.15) is 5.10 Å². The molecule has 1 aliphatic rings. The summed E-state index contributed by atoms with van der Waals surface area (Å²) in [7, 11) is 0. The molecule has 72 valence electrons. The van der Waals surface area contributed by atoms with Gasteiger partial charge in [-0.05, 0) is 5.56 Å². The second-order valence-electron chi connectivity index (χ2n) is 3.44. The van der Waals surface area contributed by atoms with E-state index in [2.05, 4.69) is 10.5 Å². The van der Waals surface area contributed by atoms with Crippen molar-refractivity contribution >= 4 is 12.0 Å². The predicted molar refractivity (Wildman–Crippen MR) is 55.0 cm³/mol. The van der Waals surface area contributed by atoms with Gasteiger partial charge in [-0.1, -0.05) is 37.3 Å². The molecule has 1 aromatic carbocycles. The zero-order valence-corrected chi connectivity index (χ0v) is 7.97. The second kappa shape index (κ2) is 3.62. The van der Waals surface area contributed by atoms with E-state index >= 15 is 0 Å². The largest absolute Gasteiger partial charge is 0.296 e. The second-order valence-corrected chi connectivity index (χ2v) is 3.44. The van der Waals surface area contributed by atoms with Crippen molar-refractivity contribution in [3.05, 3.63) is 35.9 Å². The van der Waals surface area contributed by atoms with Crippen molar-refractivity contribution in [2.75, 3.05) is 0 Å². The number of nitrogens with one attached hydrogen (secondary N) is 1. The summed E-state index contributed by atoms with van der Waals surface area (Å²) in [6, 6.07) is 9.37.